The summed E-state index contributed by atoms with van der Waals surface area (Å²) in [7, 11) is -4.29. The minimum atomic E-state index is -5.80. The molecule has 27 heavy (non-hydrogen) atoms. The van der Waals surface area contributed by atoms with Crippen LogP contribution in [0, 0.1) is 0 Å². The van der Waals surface area contributed by atoms with E-state index in [9.17, 15) is 30.7 Å². The third-order valence-corrected chi connectivity index (χ3v) is 5.15. The molecule has 0 radical (unpaired) electrons. The first-order valence-electron chi connectivity index (χ1n) is 7.21. The van der Waals surface area contributed by atoms with Crippen LogP contribution in [0.15, 0.2) is 39.9 Å². The highest BCUT2D eigenvalue weighted by atomic mass is 32.3. The van der Waals surface area contributed by atoms with Gasteiger partial charge < -0.3 is 4.42 Å². The second kappa shape index (κ2) is 5.52. The summed E-state index contributed by atoms with van der Waals surface area (Å²) in [6, 6.07) is 3.21. The Bertz CT molecular complexity index is 1090. The van der Waals surface area contributed by atoms with E-state index >= 15 is 0 Å². The smallest absolute Gasteiger partial charge is 0.416 e. The third kappa shape index (κ3) is 3.41. The highest BCUT2D eigenvalue weighted by Gasteiger charge is 2.59. The molecule has 0 aliphatic rings. The van der Waals surface area contributed by atoms with Crippen LogP contribution in [0.2, 0.25) is 0 Å². The van der Waals surface area contributed by atoms with Gasteiger partial charge in [-0.3, -0.25) is 4.55 Å². The van der Waals surface area contributed by atoms with Gasteiger partial charge in [0.1, 0.15) is 11.2 Å². The van der Waals surface area contributed by atoms with Crippen molar-refractivity contribution < 1.29 is 35.1 Å². The van der Waals surface area contributed by atoms with Crippen LogP contribution in [0.25, 0.3) is 22.8 Å². The van der Waals surface area contributed by atoms with Crippen LogP contribution in [0.4, 0.5) is 22.0 Å². The number of hydrogen-bond acceptors (Lipinski definition) is 5. The summed E-state index contributed by atoms with van der Waals surface area (Å²) >= 11 is 0. The Balaban J connectivity index is 2.17. The Hall–Kier alpha value is -2.47. The average molecular weight is 409 g/mol. The van der Waals surface area contributed by atoms with Gasteiger partial charge in [-0.05, 0) is 18.2 Å². The molecule has 0 aromatic carbocycles. The first-order valence-corrected chi connectivity index (χ1v) is 9.94. The van der Waals surface area contributed by atoms with Gasteiger partial charge in [-0.15, -0.1) is 0 Å². The number of oxazole rings is 1. The molecule has 0 saturated heterocycles. The normalized spacial score (nSPS) is 14.9. The highest BCUT2D eigenvalue weighted by molar-refractivity contribution is 8.14. The first kappa shape index (κ1) is 19.3. The van der Waals surface area contributed by atoms with E-state index in [2.05, 4.69) is 15.0 Å². The number of alkyl halides is 5. The van der Waals surface area contributed by atoms with Crippen molar-refractivity contribution >= 4 is 20.6 Å². The molecule has 0 atom stereocenters. The third-order valence-electron chi connectivity index (χ3n) is 3.57. The molecule has 0 amide bonds. The maximum Gasteiger partial charge on any atom is 0.458 e. The van der Waals surface area contributed by atoms with Crippen LogP contribution in [0.5, 0.6) is 0 Å². The molecule has 3 rings (SSSR count). The lowest BCUT2D eigenvalue weighted by Crippen LogP contribution is -2.33. The van der Waals surface area contributed by atoms with Gasteiger partial charge in [0.25, 0.3) is 0 Å². The number of fused-ring (bicyclic) bond motifs is 1. The van der Waals surface area contributed by atoms with E-state index in [0.717, 1.165) is 12.5 Å². The zero-order valence-corrected chi connectivity index (χ0v) is 14.6. The number of aromatic nitrogens is 3. The quantitative estimate of drug-likeness (QED) is 0.661. The molecule has 0 spiro atoms. The summed E-state index contributed by atoms with van der Waals surface area (Å²) in [5.74, 6) is -5.46. The van der Waals surface area contributed by atoms with Crippen LogP contribution in [-0.4, -0.2) is 42.4 Å². The molecular weight excluding hydrogens is 397 g/mol. The van der Waals surface area contributed by atoms with Crippen molar-refractivity contribution in [1.82, 2.24) is 15.0 Å². The van der Waals surface area contributed by atoms with Gasteiger partial charge >= 0.3 is 12.1 Å². The van der Waals surface area contributed by atoms with E-state index in [1.165, 1.54) is 18.3 Å². The van der Waals surface area contributed by atoms with E-state index in [1.54, 1.807) is 0 Å². The zero-order chi connectivity index (χ0) is 20.3. The number of rotatable bonds is 3. The van der Waals surface area contributed by atoms with Gasteiger partial charge in [0.05, 0.1) is 10.5 Å². The lowest BCUT2D eigenvalue weighted by molar-refractivity contribution is -0.289. The highest BCUT2D eigenvalue weighted by Crippen LogP contribution is 2.44. The number of hydrogen-bond donors (Lipinski definition) is 1. The second-order valence-electron chi connectivity index (χ2n) is 6.25. The van der Waals surface area contributed by atoms with Gasteiger partial charge in [-0.1, -0.05) is 0 Å². The maximum atomic E-state index is 13.5. The summed E-state index contributed by atoms with van der Waals surface area (Å²) in [4.78, 5) is 11.1. The predicted octanol–water partition coefficient (Wildman–Crippen LogP) is 3.85. The largest absolute Gasteiger partial charge is 0.458 e. The Morgan fingerprint density at radius 1 is 1.15 bits per heavy atom. The maximum absolute atomic E-state index is 13.5. The van der Waals surface area contributed by atoms with Crippen LogP contribution in [-0.2, 0) is 15.3 Å². The molecule has 0 saturated carbocycles. The monoisotopic (exact) mass is 409 g/mol. The van der Waals surface area contributed by atoms with Crippen molar-refractivity contribution in [1.29, 1.82) is 0 Å². The van der Waals surface area contributed by atoms with Crippen molar-refractivity contribution in [3.8, 4) is 11.6 Å². The van der Waals surface area contributed by atoms with Gasteiger partial charge in [-0.2, -0.15) is 31.3 Å². The van der Waals surface area contributed by atoms with Crippen molar-refractivity contribution in [2.24, 2.45) is 0 Å². The summed E-state index contributed by atoms with van der Waals surface area (Å²) in [5.41, 5.74) is -2.25. The minimum absolute atomic E-state index is 0.123. The Kier molecular flexibility index (Phi) is 3.94. The van der Waals surface area contributed by atoms with Gasteiger partial charge in [0.15, 0.2) is 0 Å². The molecule has 3 aromatic rings. The molecule has 0 fully saturated rings. The zero-order valence-electron chi connectivity index (χ0n) is 13.8. The summed E-state index contributed by atoms with van der Waals surface area (Å²) < 4.78 is 92.5. The van der Waals surface area contributed by atoms with Crippen LogP contribution in [0.1, 0.15) is 5.56 Å². The molecule has 0 bridgehead atoms. The SMILES string of the molecule is CS(C)(=O)(O)c1cccnc1-c1nc2cc(C(F)(F)C(F)(F)F)cnc2o1. The Labute approximate surface area is 148 Å². The van der Waals surface area contributed by atoms with Crippen molar-refractivity contribution in [2.45, 2.75) is 17.0 Å². The lowest BCUT2D eigenvalue weighted by Gasteiger charge is -2.34. The van der Waals surface area contributed by atoms with E-state index in [0.29, 0.717) is 12.3 Å². The molecule has 1 N–H and O–H groups in total. The molecule has 0 aliphatic heterocycles. The standard InChI is InChI=1S/C15H12F5N3O3S/c1-27(2,24,25)10-4-3-5-21-11(10)13-23-9-6-8(7-22-12(9)26-13)14(16,17)15(18,19)20/h3-7H,1-2H3,(H,24,25). The fourth-order valence-corrected chi connectivity index (χ4v) is 3.44. The van der Waals surface area contributed by atoms with Crippen LogP contribution < -0.4 is 0 Å². The summed E-state index contributed by atoms with van der Waals surface area (Å²) in [5, 5.41) is 0. The number of halogens is 5. The van der Waals surface area contributed by atoms with Crippen molar-refractivity contribution in [3.63, 3.8) is 0 Å². The van der Waals surface area contributed by atoms with Crippen LogP contribution in [0.3, 0.4) is 0 Å². The molecule has 12 heteroatoms. The lowest BCUT2D eigenvalue weighted by atomic mass is 10.1. The van der Waals surface area contributed by atoms with Gasteiger partial charge in [0.2, 0.25) is 11.6 Å². The van der Waals surface area contributed by atoms with E-state index < -0.39 is 27.0 Å². The topological polar surface area (TPSA) is 89.1 Å². The number of nitrogens with zero attached hydrogens (tertiary/aromatic N) is 3. The Morgan fingerprint density at radius 2 is 1.81 bits per heavy atom. The van der Waals surface area contributed by atoms with Crippen LogP contribution >= 0.6 is 0 Å². The van der Waals surface area contributed by atoms with E-state index in [1.807, 2.05) is 0 Å². The summed E-state index contributed by atoms with van der Waals surface area (Å²) in [6.07, 6.45) is -2.05. The van der Waals surface area contributed by atoms with E-state index in [-0.39, 0.29) is 27.7 Å². The molecular formula is C15H12F5N3O3S. The number of pyridine rings is 2. The van der Waals surface area contributed by atoms with Gasteiger partial charge in [-0.25, -0.2) is 19.2 Å². The minimum Gasteiger partial charge on any atom is -0.416 e. The first-order chi connectivity index (χ1) is 12.2. The summed E-state index contributed by atoms with van der Waals surface area (Å²) in [6.45, 7) is 0. The van der Waals surface area contributed by atoms with E-state index in [4.69, 9.17) is 4.42 Å². The Morgan fingerprint density at radius 3 is 2.41 bits per heavy atom. The van der Waals surface area contributed by atoms with Crippen molar-refractivity contribution in [3.05, 3.63) is 36.2 Å². The molecule has 6 nitrogen and oxygen atoms in total. The molecule has 3 heterocycles. The van der Waals surface area contributed by atoms with Crippen molar-refractivity contribution in [2.75, 3.05) is 12.5 Å². The van der Waals surface area contributed by atoms with Gasteiger partial charge in [0, 0.05) is 24.9 Å². The molecule has 3 aromatic heterocycles. The predicted molar refractivity (Wildman–Crippen MR) is 85.9 cm³/mol. The fourth-order valence-electron chi connectivity index (χ4n) is 2.28. The second-order valence-corrected chi connectivity index (χ2v) is 10.2. The molecule has 0 aliphatic carbocycles. The fraction of sp³-hybridized carbons (Fsp3) is 0.267. The average Bonchev–Trinajstić information content (AvgIpc) is 2.95. The molecule has 0 unspecified atom stereocenters. The molecule has 146 valence electrons.